The number of carbonyl (C=O) groups excluding carboxylic acids is 2. The number of benzene rings is 1. The molecular weight excluding hydrogens is 418 g/mol. The molecule has 0 spiro atoms. The number of nitrogens with one attached hydrogen (secondary N) is 1. The maximum absolute atomic E-state index is 13.0. The fourth-order valence-electron chi connectivity index (χ4n) is 2.83. The van der Waals surface area contributed by atoms with Crippen molar-refractivity contribution in [1.29, 1.82) is 0 Å². The number of anilines is 1. The van der Waals surface area contributed by atoms with E-state index in [0.29, 0.717) is 23.4 Å². The van der Waals surface area contributed by atoms with Crippen LogP contribution in [0, 0.1) is 0 Å². The summed E-state index contributed by atoms with van der Waals surface area (Å²) in [5, 5.41) is 19.3. The number of hydrazone groups is 1. The van der Waals surface area contributed by atoms with Crippen LogP contribution >= 0.6 is 0 Å². The number of nitrogens with zero attached hydrogens (tertiary/aromatic N) is 7. The van der Waals surface area contributed by atoms with Gasteiger partial charge in [0.2, 0.25) is 11.6 Å². The Morgan fingerprint density at radius 2 is 1.97 bits per heavy atom. The highest BCUT2D eigenvalue weighted by Crippen LogP contribution is 2.17. The highest BCUT2D eigenvalue weighted by Gasteiger charge is 2.25. The van der Waals surface area contributed by atoms with E-state index in [9.17, 15) is 9.59 Å². The second-order valence-corrected chi connectivity index (χ2v) is 6.54. The average Bonchev–Trinajstić information content (AvgIpc) is 3.42. The first-order valence-corrected chi connectivity index (χ1v) is 9.75. The van der Waals surface area contributed by atoms with E-state index in [0.717, 1.165) is 13.1 Å². The number of nitrogens with two attached hydrogens (primary N) is 1. The van der Waals surface area contributed by atoms with Crippen molar-refractivity contribution in [3.63, 3.8) is 0 Å². The second-order valence-electron chi connectivity index (χ2n) is 6.54. The summed E-state index contributed by atoms with van der Waals surface area (Å²) < 4.78 is 10.5. The zero-order valence-electron chi connectivity index (χ0n) is 17.8. The molecule has 0 radical (unpaired) electrons. The van der Waals surface area contributed by atoms with E-state index in [1.54, 1.807) is 24.3 Å². The molecule has 1 aromatic carbocycles. The Labute approximate surface area is 183 Å². The van der Waals surface area contributed by atoms with Crippen LogP contribution in [-0.2, 0) is 11.3 Å². The smallest absolute Gasteiger partial charge is 0.337 e. The number of hydrogen-bond donors (Lipinski definition) is 2. The van der Waals surface area contributed by atoms with Gasteiger partial charge in [0, 0.05) is 6.54 Å². The van der Waals surface area contributed by atoms with Crippen molar-refractivity contribution in [2.24, 2.45) is 5.10 Å². The molecule has 168 valence electrons. The minimum Gasteiger partial charge on any atom is -0.465 e. The van der Waals surface area contributed by atoms with Crippen molar-refractivity contribution in [2.75, 3.05) is 25.9 Å². The largest absolute Gasteiger partial charge is 0.465 e. The normalized spacial score (nSPS) is 11.2. The summed E-state index contributed by atoms with van der Waals surface area (Å²) in [5.41, 5.74) is 9.82. The van der Waals surface area contributed by atoms with E-state index in [1.165, 1.54) is 18.0 Å². The summed E-state index contributed by atoms with van der Waals surface area (Å²) in [6.07, 6.45) is 1.43. The topological polar surface area (TPSA) is 167 Å². The van der Waals surface area contributed by atoms with Crippen LogP contribution in [-0.4, -0.2) is 68.5 Å². The predicted octanol–water partition coefficient (Wildman–Crippen LogP) is 0.625. The van der Waals surface area contributed by atoms with E-state index in [4.69, 9.17) is 5.73 Å². The van der Waals surface area contributed by atoms with Crippen molar-refractivity contribution in [2.45, 2.75) is 20.4 Å². The van der Waals surface area contributed by atoms with Crippen LogP contribution in [0.3, 0.4) is 0 Å². The standard InChI is InChI=1S/C19H23N9O4/c1-4-27(5-2)11-14-15(28(26-22-14)17-16(20)24-32-25-17)18(29)23-21-10-12-6-8-13(9-7-12)19(30)31-3/h6-10H,4-5,11H2,1-3H3,(H2,20,24)(H,23,29)/b21-10+. The van der Waals surface area contributed by atoms with E-state index in [1.807, 2.05) is 13.8 Å². The molecule has 2 aromatic heterocycles. The molecule has 0 saturated heterocycles. The van der Waals surface area contributed by atoms with Crippen LogP contribution in [0.25, 0.3) is 5.82 Å². The molecule has 0 unspecified atom stereocenters. The van der Waals surface area contributed by atoms with Crippen LogP contribution in [0.4, 0.5) is 5.82 Å². The lowest BCUT2D eigenvalue weighted by Crippen LogP contribution is -2.27. The predicted molar refractivity (Wildman–Crippen MR) is 113 cm³/mol. The summed E-state index contributed by atoms with van der Waals surface area (Å²) in [5.74, 6) is -0.991. The zero-order chi connectivity index (χ0) is 23.1. The third-order valence-electron chi connectivity index (χ3n) is 4.63. The molecule has 0 aliphatic heterocycles. The van der Waals surface area contributed by atoms with Gasteiger partial charge in [-0.1, -0.05) is 31.2 Å². The number of esters is 1. The van der Waals surface area contributed by atoms with Gasteiger partial charge in [-0.05, 0) is 41.1 Å². The Morgan fingerprint density at radius 1 is 1.25 bits per heavy atom. The van der Waals surface area contributed by atoms with Gasteiger partial charge in [0.25, 0.3) is 5.91 Å². The maximum atomic E-state index is 13.0. The summed E-state index contributed by atoms with van der Waals surface area (Å²) in [4.78, 5) is 26.5. The van der Waals surface area contributed by atoms with Gasteiger partial charge >= 0.3 is 5.97 Å². The quantitative estimate of drug-likeness (QED) is 0.273. The lowest BCUT2D eigenvalue weighted by molar-refractivity contribution is 0.0600. The minimum absolute atomic E-state index is 0.0347. The van der Waals surface area contributed by atoms with Gasteiger partial charge in [0.05, 0.1) is 18.9 Å². The van der Waals surface area contributed by atoms with E-state index in [-0.39, 0.29) is 17.3 Å². The zero-order valence-corrected chi connectivity index (χ0v) is 17.8. The lowest BCUT2D eigenvalue weighted by Gasteiger charge is -2.16. The summed E-state index contributed by atoms with van der Waals surface area (Å²) in [7, 11) is 1.31. The number of carbonyl (C=O) groups is 2. The van der Waals surface area contributed by atoms with Crippen LogP contribution in [0.1, 0.15) is 46.0 Å². The molecule has 0 atom stereocenters. The molecule has 3 rings (SSSR count). The molecule has 1 amide bonds. The average molecular weight is 441 g/mol. The first-order chi connectivity index (χ1) is 15.5. The number of hydrogen-bond acceptors (Lipinski definition) is 11. The Morgan fingerprint density at radius 3 is 2.56 bits per heavy atom. The van der Waals surface area contributed by atoms with Crippen LogP contribution < -0.4 is 11.2 Å². The molecule has 0 fully saturated rings. The van der Waals surface area contributed by atoms with Gasteiger partial charge in [-0.3, -0.25) is 9.69 Å². The molecule has 3 aromatic rings. The fraction of sp³-hybridized carbons (Fsp3) is 0.316. The molecule has 3 N–H and O–H groups in total. The van der Waals surface area contributed by atoms with Gasteiger partial charge in [-0.15, -0.1) is 5.10 Å². The van der Waals surface area contributed by atoms with Crippen molar-refractivity contribution in [3.05, 3.63) is 46.8 Å². The number of ether oxygens (including phenoxy) is 1. The SMILES string of the molecule is CCN(CC)Cc1nnn(-c2nonc2N)c1C(=O)N/N=C/c1ccc(C(=O)OC)cc1. The Bertz CT molecular complexity index is 1100. The van der Waals surface area contributed by atoms with Gasteiger partial charge in [0.1, 0.15) is 5.69 Å². The van der Waals surface area contributed by atoms with Gasteiger partial charge in [-0.2, -0.15) is 9.78 Å². The lowest BCUT2D eigenvalue weighted by atomic mass is 10.1. The molecule has 13 heteroatoms. The number of rotatable bonds is 9. The highest BCUT2D eigenvalue weighted by molar-refractivity contribution is 5.95. The molecule has 2 heterocycles. The van der Waals surface area contributed by atoms with Crippen molar-refractivity contribution in [1.82, 2.24) is 35.6 Å². The third kappa shape index (κ3) is 4.95. The maximum Gasteiger partial charge on any atom is 0.337 e. The number of methoxy groups -OCH3 is 1. The number of amides is 1. The molecule has 0 aliphatic carbocycles. The summed E-state index contributed by atoms with van der Waals surface area (Å²) >= 11 is 0. The van der Waals surface area contributed by atoms with E-state index in [2.05, 4.69) is 45.4 Å². The van der Waals surface area contributed by atoms with Crippen LogP contribution in [0.2, 0.25) is 0 Å². The van der Waals surface area contributed by atoms with Crippen LogP contribution in [0.5, 0.6) is 0 Å². The number of nitrogen functional groups attached to an aromatic ring is 1. The molecular formula is C19H23N9O4. The van der Waals surface area contributed by atoms with Crippen molar-refractivity contribution in [3.8, 4) is 5.82 Å². The second kappa shape index (κ2) is 10.3. The molecule has 0 saturated carbocycles. The molecule has 0 aliphatic rings. The molecule has 32 heavy (non-hydrogen) atoms. The Balaban J connectivity index is 1.82. The van der Waals surface area contributed by atoms with E-state index < -0.39 is 11.9 Å². The van der Waals surface area contributed by atoms with Crippen LogP contribution in [0.15, 0.2) is 34.0 Å². The number of aromatic nitrogens is 5. The van der Waals surface area contributed by atoms with Gasteiger partial charge in [0.15, 0.2) is 5.69 Å². The van der Waals surface area contributed by atoms with Gasteiger partial charge in [-0.25, -0.2) is 14.8 Å². The third-order valence-corrected chi connectivity index (χ3v) is 4.63. The summed E-state index contributed by atoms with van der Waals surface area (Å²) in [6.45, 7) is 5.92. The Hall–Kier alpha value is -4.13. The van der Waals surface area contributed by atoms with Gasteiger partial charge < -0.3 is 10.5 Å². The first-order valence-electron chi connectivity index (χ1n) is 9.75. The molecule has 13 nitrogen and oxygen atoms in total. The molecule has 0 bridgehead atoms. The first kappa shape index (κ1) is 22.6. The van der Waals surface area contributed by atoms with Crippen molar-refractivity contribution < 1.29 is 19.0 Å². The monoisotopic (exact) mass is 441 g/mol. The van der Waals surface area contributed by atoms with E-state index >= 15 is 0 Å². The minimum atomic E-state index is -0.568. The Kier molecular flexibility index (Phi) is 7.23. The highest BCUT2D eigenvalue weighted by atomic mass is 16.6. The van der Waals surface area contributed by atoms with Crippen molar-refractivity contribution >= 4 is 23.9 Å². The fourth-order valence-corrected chi connectivity index (χ4v) is 2.83. The summed E-state index contributed by atoms with van der Waals surface area (Å²) in [6, 6.07) is 6.52.